The van der Waals surface area contributed by atoms with Gasteiger partial charge in [-0.25, -0.2) is 4.98 Å². The van der Waals surface area contributed by atoms with Crippen LogP contribution in [0.15, 0.2) is 41.7 Å². The van der Waals surface area contributed by atoms with Crippen LogP contribution >= 0.6 is 11.8 Å². The number of amides is 1. The lowest BCUT2D eigenvalue weighted by Crippen LogP contribution is -2.31. The van der Waals surface area contributed by atoms with Gasteiger partial charge in [0.1, 0.15) is 0 Å². The zero-order valence-corrected chi connectivity index (χ0v) is 13.8. The lowest BCUT2D eigenvalue weighted by molar-refractivity contribution is -0.120. The Morgan fingerprint density at radius 3 is 2.82 bits per heavy atom. The van der Waals surface area contributed by atoms with E-state index in [1.54, 1.807) is 11.8 Å². The van der Waals surface area contributed by atoms with Crippen molar-refractivity contribution in [3.8, 4) is 0 Å². The van der Waals surface area contributed by atoms with Gasteiger partial charge in [0, 0.05) is 17.1 Å². The van der Waals surface area contributed by atoms with E-state index in [1.165, 1.54) is 18.4 Å². The molecule has 5 heteroatoms. The fraction of sp³-hybridized carbons (Fsp3) is 0.412. The van der Waals surface area contributed by atoms with Crippen molar-refractivity contribution in [2.75, 3.05) is 0 Å². The van der Waals surface area contributed by atoms with Gasteiger partial charge in [-0.3, -0.25) is 4.79 Å². The molecule has 3 rings (SSSR count). The van der Waals surface area contributed by atoms with Crippen molar-refractivity contribution in [3.05, 3.63) is 48.0 Å². The van der Waals surface area contributed by atoms with E-state index in [9.17, 15) is 4.79 Å². The molecule has 0 saturated heterocycles. The molecule has 116 valence electrons. The molecule has 0 spiro atoms. The van der Waals surface area contributed by atoms with E-state index >= 15 is 0 Å². The molecule has 1 unspecified atom stereocenters. The number of carbonyl (C=O) groups is 1. The Morgan fingerprint density at radius 1 is 1.41 bits per heavy atom. The fourth-order valence-corrected chi connectivity index (χ4v) is 3.24. The van der Waals surface area contributed by atoms with E-state index in [-0.39, 0.29) is 11.2 Å². The zero-order chi connectivity index (χ0) is 15.5. The van der Waals surface area contributed by atoms with E-state index in [4.69, 9.17) is 0 Å². The van der Waals surface area contributed by atoms with Crippen molar-refractivity contribution < 1.29 is 4.79 Å². The third-order valence-corrected chi connectivity index (χ3v) is 4.95. The summed E-state index contributed by atoms with van der Waals surface area (Å²) in [4.78, 5) is 17.6. The molecular weight excluding hydrogens is 294 g/mol. The third-order valence-electron chi connectivity index (χ3n) is 3.83. The first-order valence-electron chi connectivity index (χ1n) is 7.65. The second-order valence-electron chi connectivity index (χ2n) is 5.81. The van der Waals surface area contributed by atoms with Crippen LogP contribution in [0, 0.1) is 6.92 Å². The van der Waals surface area contributed by atoms with Gasteiger partial charge in [0.25, 0.3) is 0 Å². The van der Waals surface area contributed by atoms with Gasteiger partial charge in [0.2, 0.25) is 5.91 Å². The van der Waals surface area contributed by atoms with Crippen LogP contribution in [0.4, 0.5) is 0 Å². The van der Waals surface area contributed by atoms with Crippen molar-refractivity contribution >= 4 is 17.7 Å². The van der Waals surface area contributed by atoms with Crippen molar-refractivity contribution in [3.63, 3.8) is 0 Å². The molecule has 1 aliphatic rings. The summed E-state index contributed by atoms with van der Waals surface area (Å²) in [5, 5.41) is 2.91. The van der Waals surface area contributed by atoms with Gasteiger partial charge in [-0.2, -0.15) is 0 Å². The van der Waals surface area contributed by atoms with E-state index < -0.39 is 0 Å². The minimum Gasteiger partial charge on any atom is -0.350 e. The number of aromatic nitrogens is 2. The minimum absolute atomic E-state index is 0.0640. The number of hydrogen-bond donors (Lipinski definition) is 1. The van der Waals surface area contributed by atoms with E-state index in [2.05, 4.69) is 46.1 Å². The monoisotopic (exact) mass is 315 g/mol. The van der Waals surface area contributed by atoms with Crippen molar-refractivity contribution in [1.29, 1.82) is 0 Å². The number of nitrogens with one attached hydrogen (secondary N) is 1. The first kappa shape index (κ1) is 15.2. The maximum absolute atomic E-state index is 12.2. The smallest absolute Gasteiger partial charge is 0.233 e. The van der Waals surface area contributed by atoms with Crippen molar-refractivity contribution in [2.45, 2.75) is 49.4 Å². The van der Waals surface area contributed by atoms with Crippen molar-refractivity contribution in [1.82, 2.24) is 14.9 Å². The van der Waals surface area contributed by atoms with Gasteiger partial charge in [-0.15, -0.1) is 11.8 Å². The van der Waals surface area contributed by atoms with Crippen LogP contribution in [0.2, 0.25) is 0 Å². The summed E-state index contributed by atoms with van der Waals surface area (Å²) >= 11 is 1.59. The van der Waals surface area contributed by atoms with Crippen LogP contribution in [0.1, 0.15) is 37.1 Å². The molecule has 1 aromatic heterocycles. The summed E-state index contributed by atoms with van der Waals surface area (Å²) in [7, 11) is 0. The number of thioether (sulfide) groups is 1. The average molecular weight is 315 g/mol. The van der Waals surface area contributed by atoms with Crippen LogP contribution < -0.4 is 5.32 Å². The SMILES string of the molecule is Cc1ccc(SC(C)C(=O)NCc2cncn2C2CC2)cc1. The predicted molar refractivity (Wildman–Crippen MR) is 88.8 cm³/mol. The lowest BCUT2D eigenvalue weighted by Gasteiger charge is -2.13. The molecule has 0 radical (unpaired) electrons. The predicted octanol–water partition coefficient (Wildman–Crippen LogP) is 3.32. The molecular formula is C17H21N3OS. The van der Waals surface area contributed by atoms with Crippen LogP contribution in [0.3, 0.4) is 0 Å². The minimum atomic E-state index is -0.111. The highest BCUT2D eigenvalue weighted by Gasteiger charge is 2.25. The molecule has 2 aromatic rings. The first-order chi connectivity index (χ1) is 10.6. The Hall–Kier alpha value is -1.75. The second-order valence-corrected chi connectivity index (χ2v) is 7.23. The highest BCUT2D eigenvalue weighted by molar-refractivity contribution is 8.00. The van der Waals surface area contributed by atoms with Gasteiger partial charge in [-0.05, 0) is 38.8 Å². The number of benzene rings is 1. The number of rotatable bonds is 6. The highest BCUT2D eigenvalue weighted by Crippen LogP contribution is 2.35. The molecule has 0 bridgehead atoms. The van der Waals surface area contributed by atoms with Gasteiger partial charge in [0.05, 0.1) is 23.8 Å². The molecule has 1 N–H and O–H groups in total. The molecule has 1 fully saturated rings. The Kier molecular flexibility index (Phi) is 4.52. The third kappa shape index (κ3) is 3.71. The van der Waals surface area contributed by atoms with Crippen LogP contribution in [0.25, 0.3) is 0 Å². The van der Waals surface area contributed by atoms with E-state index in [0.29, 0.717) is 12.6 Å². The van der Waals surface area contributed by atoms with Gasteiger partial charge >= 0.3 is 0 Å². The summed E-state index contributed by atoms with van der Waals surface area (Å²) in [5.74, 6) is 0.0640. The van der Waals surface area contributed by atoms with Crippen LogP contribution in [0.5, 0.6) is 0 Å². The molecule has 4 nitrogen and oxygen atoms in total. The van der Waals surface area contributed by atoms with Crippen molar-refractivity contribution in [2.24, 2.45) is 0 Å². The maximum atomic E-state index is 12.2. The number of nitrogens with zero attached hydrogens (tertiary/aromatic N) is 2. The maximum Gasteiger partial charge on any atom is 0.233 e. The zero-order valence-electron chi connectivity index (χ0n) is 13.0. The number of imidazole rings is 1. The van der Waals surface area contributed by atoms with Gasteiger partial charge in [0.15, 0.2) is 0 Å². The molecule has 1 aromatic carbocycles. The summed E-state index contributed by atoms with van der Waals surface area (Å²) in [5.41, 5.74) is 2.32. The van der Waals surface area contributed by atoms with Gasteiger partial charge in [-0.1, -0.05) is 17.7 Å². The molecule has 1 amide bonds. The topological polar surface area (TPSA) is 46.9 Å². The summed E-state index contributed by atoms with van der Waals surface area (Å²) in [6, 6.07) is 8.86. The quantitative estimate of drug-likeness (QED) is 0.832. The summed E-state index contributed by atoms with van der Waals surface area (Å²) in [6.07, 6.45) is 6.15. The first-order valence-corrected chi connectivity index (χ1v) is 8.53. The molecule has 22 heavy (non-hydrogen) atoms. The molecule has 1 heterocycles. The number of carbonyl (C=O) groups excluding carboxylic acids is 1. The Balaban J connectivity index is 1.52. The summed E-state index contributed by atoms with van der Waals surface area (Å²) < 4.78 is 2.18. The average Bonchev–Trinajstić information content (AvgIpc) is 3.25. The number of hydrogen-bond acceptors (Lipinski definition) is 3. The van der Waals surface area contributed by atoms with Gasteiger partial charge < -0.3 is 9.88 Å². The number of aryl methyl sites for hydroxylation is 1. The normalized spacial score (nSPS) is 15.5. The van der Waals surface area contributed by atoms with E-state index in [1.807, 2.05) is 19.4 Å². The largest absolute Gasteiger partial charge is 0.350 e. The Bertz CT molecular complexity index is 646. The highest BCUT2D eigenvalue weighted by atomic mass is 32.2. The van der Waals surface area contributed by atoms with Crippen LogP contribution in [-0.2, 0) is 11.3 Å². The fourth-order valence-electron chi connectivity index (χ4n) is 2.35. The molecule has 0 aliphatic heterocycles. The molecule has 1 saturated carbocycles. The van der Waals surface area contributed by atoms with E-state index in [0.717, 1.165) is 10.6 Å². The standard InChI is InChI=1S/C17H21N3OS/c1-12-3-7-16(8-4-12)22-13(2)17(21)19-10-15-9-18-11-20(15)14-5-6-14/h3-4,7-9,11,13-14H,5-6,10H2,1-2H3,(H,19,21). The Morgan fingerprint density at radius 2 is 2.14 bits per heavy atom. The molecule has 1 atom stereocenters. The Labute approximate surface area is 135 Å². The molecule has 1 aliphatic carbocycles. The summed E-state index contributed by atoms with van der Waals surface area (Å²) in [6.45, 7) is 4.56. The second kappa shape index (κ2) is 6.57. The lowest BCUT2D eigenvalue weighted by atomic mass is 10.2. The van der Waals surface area contributed by atoms with Crippen LogP contribution in [-0.4, -0.2) is 20.7 Å².